The van der Waals surface area contributed by atoms with Crippen molar-refractivity contribution in [1.82, 2.24) is 0 Å². The van der Waals surface area contributed by atoms with Crippen LogP contribution in [0.25, 0.3) is 0 Å². The summed E-state index contributed by atoms with van der Waals surface area (Å²) in [5, 5.41) is 4.26. The van der Waals surface area contributed by atoms with Gasteiger partial charge in [0.05, 0.1) is 26.1 Å². The smallest absolute Gasteiger partial charge is 0.127 e. The van der Waals surface area contributed by atoms with Gasteiger partial charge in [0.15, 0.2) is 0 Å². The lowest BCUT2D eigenvalue weighted by Gasteiger charge is -2.07. The number of hydrazone groups is 1. The molecule has 0 bridgehead atoms. The number of nitrogens with zero attached hydrogens (tertiary/aromatic N) is 1. The number of methoxy groups -OCH3 is 2. The number of anilines is 1. The molecule has 0 heterocycles. The Hall–Kier alpha value is -2.49. The van der Waals surface area contributed by atoms with Gasteiger partial charge >= 0.3 is 0 Å². The molecule has 0 unspecified atom stereocenters. The van der Waals surface area contributed by atoms with Gasteiger partial charge in [0.2, 0.25) is 0 Å². The van der Waals surface area contributed by atoms with Crippen LogP contribution in [-0.2, 0) is 0 Å². The molecule has 0 amide bonds. The standard InChI is InChI=1S/C17H20N2O2/c1-12-5-6-15(9-13(12)2)19-18-11-14-10-16(20-3)7-8-17(14)21-4/h5-11,19H,1-4H3/b18-11+. The normalized spacial score (nSPS) is 10.7. The molecule has 0 saturated carbocycles. The van der Waals surface area contributed by atoms with Crippen LogP contribution >= 0.6 is 0 Å². The molecule has 0 atom stereocenters. The van der Waals surface area contributed by atoms with Gasteiger partial charge in [0, 0.05) is 5.56 Å². The summed E-state index contributed by atoms with van der Waals surface area (Å²) in [6.07, 6.45) is 1.72. The van der Waals surface area contributed by atoms with E-state index in [0.717, 1.165) is 22.7 Å². The molecule has 110 valence electrons. The molecule has 4 heteroatoms. The summed E-state index contributed by atoms with van der Waals surface area (Å²) in [5.74, 6) is 1.52. The summed E-state index contributed by atoms with van der Waals surface area (Å²) in [7, 11) is 3.27. The molecule has 0 fully saturated rings. The van der Waals surface area contributed by atoms with Crippen LogP contribution in [0.3, 0.4) is 0 Å². The van der Waals surface area contributed by atoms with Crippen molar-refractivity contribution < 1.29 is 9.47 Å². The Balaban J connectivity index is 2.15. The maximum absolute atomic E-state index is 5.31. The zero-order valence-electron chi connectivity index (χ0n) is 12.8. The second kappa shape index (κ2) is 6.79. The van der Waals surface area contributed by atoms with Gasteiger partial charge in [-0.1, -0.05) is 6.07 Å². The van der Waals surface area contributed by atoms with Gasteiger partial charge in [-0.3, -0.25) is 5.43 Å². The Bertz CT molecular complexity index is 651. The summed E-state index contributed by atoms with van der Waals surface area (Å²) in [6, 6.07) is 11.7. The van der Waals surface area contributed by atoms with Crippen LogP contribution in [0.5, 0.6) is 11.5 Å². The van der Waals surface area contributed by atoms with E-state index in [1.165, 1.54) is 11.1 Å². The minimum Gasteiger partial charge on any atom is -0.497 e. The van der Waals surface area contributed by atoms with Crippen molar-refractivity contribution in [1.29, 1.82) is 0 Å². The van der Waals surface area contributed by atoms with E-state index >= 15 is 0 Å². The number of benzene rings is 2. The molecule has 0 aliphatic heterocycles. The van der Waals surface area contributed by atoms with E-state index in [2.05, 4.69) is 36.5 Å². The maximum atomic E-state index is 5.31. The fourth-order valence-corrected chi connectivity index (χ4v) is 1.93. The van der Waals surface area contributed by atoms with Crippen LogP contribution in [0.15, 0.2) is 41.5 Å². The highest BCUT2D eigenvalue weighted by Crippen LogP contribution is 2.22. The van der Waals surface area contributed by atoms with Gasteiger partial charge in [-0.15, -0.1) is 0 Å². The highest BCUT2D eigenvalue weighted by molar-refractivity contribution is 5.84. The summed E-state index contributed by atoms with van der Waals surface area (Å²) in [4.78, 5) is 0. The van der Waals surface area contributed by atoms with Gasteiger partial charge in [-0.05, 0) is 55.3 Å². The number of hydrogen-bond acceptors (Lipinski definition) is 4. The third-order valence-electron chi connectivity index (χ3n) is 3.34. The molecule has 0 spiro atoms. The van der Waals surface area contributed by atoms with Crippen LogP contribution < -0.4 is 14.9 Å². The first-order valence-corrected chi connectivity index (χ1v) is 6.72. The van der Waals surface area contributed by atoms with E-state index in [1.54, 1.807) is 20.4 Å². The Morgan fingerprint density at radius 1 is 0.952 bits per heavy atom. The SMILES string of the molecule is COc1ccc(OC)c(/C=N/Nc2ccc(C)c(C)c2)c1. The van der Waals surface area contributed by atoms with Gasteiger partial charge in [0.25, 0.3) is 0 Å². The third kappa shape index (κ3) is 3.75. The predicted molar refractivity (Wildman–Crippen MR) is 86.7 cm³/mol. The predicted octanol–water partition coefficient (Wildman–Crippen LogP) is 3.77. The number of ether oxygens (including phenoxy) is 2. The Morgan fingerprint density at radius 2 is 1.76 bits per heavy atom. The number of hydrogen-bond donors (Lipinski definition) is 1. The number of aryl methyl sites for hydroxylation is 2. The maximum Gasteiger partial charge on any atom is 0.127 e. The van der Waals surface area contributed by atoms with E-state index in [0.29, 0.717) is 0 Å². The second-order valence-electron chi connectivity index (χ2n) is 4.78. The molecule has 21 heavy (non-hydrogen) atoms. The van der Waals surface area contributed by atoms with Crippen LogP contribution in [-0.4, -0.2) is 20.4 Å². The lowest BCUT2D eigenvalue weighted by molar-refractivity contribution is 0.402. The Labute approximate surface area is 125 Å². The zero-order valence-corrected chi connectivity index (χ0v) is 12.8. The van der Waals surface area contributed by atoms with Crippen molar-refractivity contribution in [3.05, 3.63) is 53.1 Å². The summed E-state index contributed by atoms with van der Waals surface area (Å²) in [5.41, 5.74) is 7.33. The van der Waals surface area contributed by atoms with Gasteiger partial charge in [-0.2, -0.15) is 5.10 Å². The van der Waals surface area contributed by atoms with Crippen molar-refractivity contribution in [2.45, 2.75) is 13.8 Å². The molecule has 4 nitrogen and oxygen atoms in total. The Kier molecular flexibility index (Phi) is 4.82. The van der Waals surface area contributed by atoms with Gasteiger partial charge in [0.1, 0.15) is 11.5 Å². The van der Waals surface area contributed by atoms with E-state index < -0.39 is 0 Å². The number of rotatable bonds is 5. The van der Waals surface area contributed by atoms with Crippen molar-refractivity contribution in [2.75, 3.05) is 19.6 Å². The first-order valence-electron chi connectivity index (χ1n) is 6.72. The lowest BCUT2D eigenvalue weighted by atomic mass is 10.1. The van der Waals surface area contributed by atoms with E-state index in [-0.39, 0.29) is 0 Å². The molecule has 2 aromatic rings. The molecule has 0 radical (unpaired) electrons. The second-order valence-corrected chi connectivity index (χ2v) is 4.78. The average molecular weight is 284 g/mol. The molecular formula is C17H20N2O2. The fourth-order valence-electron chi connectivity index (χ4n) is 1.93. The lowest BCUT2D eigenvalue weighted by Crippen LogP contribution is -1.95. The number of nitrogens with one attached hydrogen (secondary N) is 1. The molecular weight excluding hydrogens is 264 g/mol. The molecule has 0 aromatic heterocycles. The average Bonchev–Trinajstić information content (AvgIpc) is 2.50. The molecule has 2 aromatic carbocycles. The fraction of sp³-hybridized carbons (Fsp3) is 0.235. The first kappa shape index (κ1) is 14.9. The summed E-state index contributed by atoms with van der Waals surface area (Å²) < 4.78 is 10.5. The quantitative estimate of drug-likeness (QED) is 0.671. The van der Waals surface area contributed by atoms with Crippen LogP contribution in [0, 0.1) is 13.8 Å². The minimum absolute atomic E-state index is 0.751. The monoisotopic (exact) mass is 284 g/mol. The van der Waals surface area contributed by atoms with Crippen molar-refractivity contribution in [2.24, 2.45) is 5.10 Å². The van der Waals surface area contributed by atoms with Crippen LogP contribution in [0.1, 0.15) is 16.7 Å². The van der Waals surface area contributed by atoms with Gasteiger partial charge < -0.3 is 9.47 Å². The molecule has 0 saturated heterocycles. The van der Waals surface area contributed by atoms with Crippen LogP contribution in [0.4, 0.5) is 5.69 Å². The van der Waals surface area contributed by atoms with Crippen molar-refractivity contribution in [3.8, 4) is 11.5 Å². The van der Waals surface area contributed by atoms with Crippen LogP contribution in [0.2, 0.25) is 0 Å². The molecule has 0 aliphatic carbocycles. The molecule has 1 N–H and O–H groups in total. The van der Waals surface area contributed by atoms with Crippen molar-refractivity contribution >= 4 is 11.9 Å². The Morgan fingerprint density at radius 3 is 2.43 bits per heavy atom. The summed E-state index contributed by atoms with van der Waals surface area (Å²) >= 11 is 0. The van der Waals surface area contributed by atoms with Crippen molar-refractivity contribution in [3.63, 3.8) is 0 Å². The highest BCUT2D eigenvalue weighted by atomic mass is 16.5. The zero-order chi connectivity index (χ0) is 15.2. The highest BCUT2D eigenvalue weighted by Gasteiger charge is 2.02. The molecule has 0 aliphatic rings. The van der Waals surface area contributed by atoms with E-state index in [1.807, 2.05) is 24.3 Å². The van der Waals surface area contributed by atoms with Gasteiger partial charge in [-0.25, -0.2) is 0 Å². The topological polar surface area (TPSA) is 42.9 Å². The van der Waals surface area contributed by atoms with E-state index in [9.17, 15) is 0 Å². The van der Waals surface area contributed by atoms with E-state index in [4.69, 9.17) is 9.47 Å². The minimum atomic E-state index is 0.751. The largest absolute Gasteiger partial charge is 0.497 e. The first-order chi connectivity index (χ1) is 10.1. The summed E-state index contributed by atoms with van der Waals surface area (Å²) in [6.45, 7) is 4.17. The third-order valence-corrected chi connectivity index (χ3v) is 3.34. The molecule has 2 rings (SSSR count).